The van der Waals surface area contributed by atoms with Crippen LogP contribution in [-0.4, -0.2) is 48.4 Å². The van der Waals surface area contributed by atoms with Gasteiger partial charge < -0.3 is 15.5 Å². The average Bonchev–Trinajstić information content (AvgIpc) is 2.93. The summed E-state index contributed by atoms with van der Waals surface area (Å²) in [4.78, 5) is 26.8. The molecule has 1 saturated heterocycles. The van der Waals surface area contributed by atoms with Crippen molar-refractivity contribution in [3.05, 3.63) is 0 Å². The predicted octanol–water partition coefficient (Wildman–Crippen LogP) is 1.53. The maximum absolute atomic E-state index is 12.7. The molecule has 0 saturated carbocycles. The lowest BCUT2D eigenvalue weighted by Gasteiger charge is -2.34. The summed E-state index contributed by atoms with van der Waals surface area (Å²) < 4.78 is 0. The number of nitrogens with one attached hydrogen (secondary N) is 2. The van der Waals surface area contributed by atoms with Gasteiger partial charge in [0.05, 0.1) is 6.04 Å². The molecule has 2 unspecified atom stereocenters. The van der Waals surface area contributed by atoms with Crippen LogP contribution < -0.4 is 10.6 Å². The topological polar surface area (TPSA) is 61.4 Å². The highest BCUT2D eigenvalue weighted by Gasteiger charge is 2.36. The maximum Gasteiger partial charge on any atom is 0.245 e. The van der Waals surface area contributed by atoms with E-state index in [1.165, 1.54) is 0 Å². The average molecular weight is 297 g/mol. The first-order valence-corrected chi connectivity index (χ1v) is 8.10. The second kappa shape index (κ2) is 7.78. The highest BCUT2D eigenvalue weighted by atomic mass is 16.2. The van der Waals surface area contributed by atoms with Crippen LogP contribution in [0.25, 0.3) is 0 Å². The Bertz CT molecular complexity index is 357. The van der Waals surface area contributed by atoms with E-state index in [9.17, 15) is 9.59 Å². The molecule has 0 aromatic heterocycles. The molecule has 122 valence electrons. The third-order valence-electron chi connectivity index (χ3n) is 3.91. The van der Waals surface area contributed by atoms with Crippen molar-refractivity contribution in [1.82, 2.24) is 15.5 Å². The van der Waals surface area contributed by atoms with Gasteiger partial charge in [-0.05, 0) is 38.1 Å². The molecular formula is C16H31N3O2. The smallest absolute Gasteiger partial charge is 0.245 e. The van der Waals surface area contributed by atoms with Crippen LogP contribution in [0.4, 0.5) is 0 Å². The number of hydrogen-bond acceptors (Lipinski definition) is 3. The fourth-order valence-corrected chi connectivity index (χ4v) is 2.49. The van der Waals surface area contributed by atoms with Crippen molar-refractivity contribution in [2.45, 2.75) is 66.0 Å². The fourth-order valence-electron chi connectivity index (χ4n) is 2.49. The SMILES string of the molecule is CCCNC(C)C(=O)NC(C(=O)N1CCCC1)C(C)(C)C. The lowest BCUT2D eigenvalue weighted by molar-refractivity contribution is -0.139. The Kier molecular flexibility index (Phi) is 6.65. The van der Waals surface area contributed by atoms with E-state index in [0.29, 0.717) is 0 Å². The van der Waals surface area contributed by atoms with Crippen molar-refractivity contribution in [3.8, 4) is 0 Å². The minimum absolute atomic E-state index is 0.0519. The number of rotatable bonds is 6. The molecule has 1 rings (SSSR count). The second-order valence-corrected chi connectivity index (χ2v) is 7.02. The van der Waals surface area contributed by atoms with E-state index in [1.807, 2.05) is 32.6 Å². The normalized spacial score (nSPS) is 18.4. The molecule has 0 aliphatic carbocycles. The third-order valence-corrected chi connectivity index (χ3v) is 3.91. The summed E-state index contributed by atoms with van der Waals surface area (Å²) in [5.41, 5.74) is -0.292. The predicted molar refractivity (Wildman–Crippen MR) is 85.0 cm³/mol. The largest absolute Gasteiger partial charge is 0.342 e. The number of hydrogen-bond donors (Lipinski definition) is 2. The number of amides is 2. The van der Waals surface area contributed by atoms with Crippen molar-refractivity contribution in [2.75, 3.05) is 19.6 Å². The molecule has 2 atom stereocenters. The van der Waals surface area contributed by atoms with Crippen molar-refractivity contribution in [2.24, 2.45) is 5.41 Å². The van der Waals surface area contributed by atoms with Gasteiger partial charge in [0.2, 0.25) is 11.8 Å². The van der Waals surface area contributed by atoms with Gasteiger partial charge in [0, 0.05) is 13.1 Å². The molecule has 5 nitrogen and oxygen atoms in total. The summed E-state index contributed by atoms with van der Waals surface area (Å²) in [5.74, 6) is -0.0491. The van der Waals surface area contributed by atoms with Crippen LogP contribution in [0.1, 0.15) is 53.9 Å². The molecule has 1 fully saturated rings. The number of nitrogens with zero attached hydrogens (tertiary/aromatic N) is 1. The molecule has 1 aliphatic heterocycles. The highest BCUT2D eigenvalue weighted by Crippen LogP contribution is 2.23. The Morgan fingerprint density at radius 1 is 1.19 bits per heavy atom. The zero-order valence-electron chi connectivity index (χ0n) is 14.2. The summed E-state index contributed by atoms with van der Waals surface area (Å²) in [6.45, 7) is 12.3. The number of carbonyl (C=O) groups excluding carboxylic acids is 2. The summed E-state index contributed by atoms with van der Waals surface area (Å²) in [6.07, 6.45) is 3.10. The minimum atomic E-state index is -0.464. The van der Waals surface area contributed by atoms with Crippen LogP contribution in [0.3, 0.4) is 0 Å². The summed E-state index contributed by atoms with van der Waals surface area (Å²) in [7, 11) is 0. The van der Waals surface area contributed by atoms with E-state index >= 15 is 0 Å². The molecule has 2 amide bonds. The molecular weight excluding hydrogens is 266 g/mol. The molecule has 1 heterocycles. The fraction of sp³-hybridized carbons (Fsp3) is 0.875. The molecule has 21 heavy (non-hydrogen) atoms. The van der Waals surface area contributed by atoms with E-state index in [0.717, 1.165) is 38.9 Å². The van der Waals surface area contributed by atoms with Crippen molar-refractivity contribution in [1.29, 1.82) is 0 Å². The van der Waals surface area contributed by atoms with Crippen molar-refractivity contribution in [3.63, 3.8) is 0 Å². The molecule has 1 aliphatic rings. The van der Waals surface area contributed by atoms with Gasteiger partial charge in [-0.15, -0.1) is 0 Å². The minimum Gasteiger partial charge on any atom is -0.342 e. The molecule has 5 heteroatoms. The molecule has 0 aromatic carbocycles. The van der Waals surface area contributed by atoms with E-state index in [1.54, 1.807) is 0 Å². The lowest BCUT2D eigenvalue weighted by Crippen LogP contribution is -2.57. The number of carbonyl (C=O) groups is 2. The van der Waals surface area contributed by atoms with E-state index < -0.39 is 6.04 Å². The summed E-state index contributed by atoms with van der Waals surface area (Å²) in [5, 5.41) is 6.11. The zero-order chi connectivity index (χ0) is 16.0. The second-order valence-electron chi connectivity index (χ2n) is 7.02. The van der Waals surface area contributed by atoms with Crippen LogP contribution in [0, 0.1) is 5.41 Å². The Morgan fingerprint density at radius 3 is 2.24 bits per heavy atom. The van der Waals surface area contributed by atoms with Crippen LogP contribution in [0.15, 0.2) is 0 Å². The maximum atomic E-state index is 12.7. The van der Waals surface area contributed by atoms with Crippen molar-refractivity contribution < 1.29 is 9.59 Å². The van der Waals surface area contributed by atoms with Gasteiger partial charge in [-0.2, -0.15) is 0 Å². The lowest BCUT2D eigenvalue weighted by atomic mass is 9.85. The Balaban J connectivity index is 2.70. The quantitative estimate of drug-likeness (QED) is 0.781. The summed E-state index contributed by atoms with van der Waals surface area (Å²) in [6, 6.07) is -0.741. The monoisotopic (exact) mass is 297 g/mol. The van der Waals surface area contributed by atoms with Gasteiger partial charge in [0.15, 0.2) is 0 Å². The van der Waals surface area contributed by atoms with Gasteiger partial charge >= 0.3 is 0 Å². The first-order valence-electron chi connectivity index (χ1n) is 8.10. The molecule has 0 spiro atoms. The van der Waals surface area contributed by atoms with Gasteiger partial charge in [-0.3, -0.25) is 9.59 Å². The van der Waals surface area contributed by atoms with E-state index in [-0.39, 0.29) is 23.3 Å². The van der Waals surface area contributed by atoms with Gasteiger partial charge in [-0.1, -0.05) is 27.7 Å². The molecule has 0 aromatic rings. The summed E-state index contributed by atoms with van der Waals surface area (Å²) >= 11 is 0. The van der Waals surface area contributed by atoms with Crippen LogP contribution in [0.5, 0.6) is 0 Å². The Morgan fingerprint density at radius 2 is 1.76 bits per heavy atom. The van der Waals surface area contributed by atoms with Gasteiger partial charge in [0.1, 0.15) is 6.04 Å². The zero-order valence-corrected chi connectivity index (χ0v) is 14.2. The van der Waals surface area contributed by atoms with Crippen LogP contribution in [0.2, 0.25) is 0 Å². The molecule has 2 N–H and O–H groups in total. The van der Waals surface area contributed by atoms with E-state index in [2.05, 4.69) is 17.6 Å². The first-order chi connectivity index (χ1) is 9.77. The third kappa shape index (κ3) is 5.30. The van der Waals surface area contributed by atoms with Crippen LogP contribution >= 0.6 is 0 Å². The molecule has 0 radical (unpaired) electrons. The molecule has 0 bridgehead atoms. The Hall–Kier alpha value is -1.10. The Labute approximate surface area is 128 Å². The highest BCUT2D eigenvalue weighted by molar-refractivity contribution is 5.90. The van der Waals surface area contributed by atoms with Crippen molar-refractivity contribution >= 4 is 11.8 Å². The van der Waals surface area contributed by atoms with Gasteiger partial charge in [0.25, 0.3) is 0 Å². The van der Waals surface area contributed by atoms with Gasteiger partial charge in [-0.25, -0.2) is 0 Å². The standard InChI is InChI=1S/C16H31N3O2/c1-6-9-17-12(2)14(20)18-13(16(3,4)5)15(21)19-10-7-8-11-19/h12-13,17H,6-11H2,1-5H3,(H,18,20). The van der Waals surface area contributed by atoms with Crippen LogP contribution in [-0.2, 0) is 9.59 Å². The van der Waals surface area contributed by atoms with E-state index in [4.69, 9.17) is 0 Å². The first kappa shape index (κ1) is 18.0. The number of likely N-dealkylation sites (tertiary alicyclic amines) is 1.